The van der Waals surface area contributed by atoms with E-state index >= 15 is 0 Å². The fourth-order valence-corrected chi connectivity index (χ4v) is 1.46. The van der Waals surface area contributed by atoms with E-state index in [1.807, 2.05) is 0 Å². The maximum Gasteiger partial charge on any atom is 0.307 e. The van der Waals surface area contributed by atoms with Crippen molar-refractivity contribution >= 4 is 37.8 Å². The lowest BCUT2D eigenvalue weighted by atomic mass is 10.1. The van der Waals surface area contributed by atoms with E-state index in [9.17, 15) is 4.79 Å². The molecule has 0 saturated heterocycles. The molecule has 5 heteroatoms. The predicted molar refractivity (Wildman–Crippen MR) is 44.5 cm³/mol. The Morgan fingerprint density at radius 3 is 2.20 bits per heavy atom. The third-order valence-electron chi connectivity index (χ3n) is 1.01. The van der Waals surface area contributed by atoms with Crippen molar-refractivity contribution in [3.63, 3.8) is 0 Å². The van der Waals surface area contributed by atoms with Gasteiger partial charge in [-0.15, -0.1) is 0 Å². The summed E-state index contributed by atoms with van der Waals surface area (Å²) in [5.41, 5.74) is 0. The first-order valence-electron chi connectivity index (χ1n) is 2.68. The second-order valence-corrected chi connectivity index (χ2v) is 3.56. The van der Waals surface area contributed by atoms with Crippen LogP contribution in [0.4, 0.5) is 0 Å². The van der Waals surface area contributed by atoms with Crippen molar-refractivity contribution < 1.29 is 15.0 Å². The highest BCUT2D eigenvalue weighted by molar-refractivity contribution is 9.09. The van der Waals surface area contributed by atoms with E-state index in [-0.39, 0.29) is 6.42 Å². The first-order valence-corrected chi connectivity index (χ1v) is 4.72. The molecule has 0 fully saturated rings. The Morgan fingerprint density at radius 1 is 1.60 bits per heavy atom. The third kappa shape index (κ3) is 4.24. The number of carboxylic acids is 1. The summed E-state index contributed by atoms with van der Waals surface area (Å²) in [6.45, 7) is 0. The molecule has 10 heavy (non-hydrogen) atoms. The van der Waals surface area contributed by atoms with Gasteiger partial charge >= 0.3 is 5.97 Å². The number of alkyl halides is 2. The van der Waals surface area contributed by atoms with Gasteiger partial charge in [0.15, 0.2) is 0 Å². The van der Waals surface area contributed by atoms with Crippen molar-refractivity contribution in [1.82, 2.24) is 0 Å². The summed E-state index contributed by atoms with van der Waals surface area (Å²) in [7, 11) is 0. The number of carboxylic acid groups (broad SMARTS) is 1. The molecule has 2 unspecified atom stereocenters. The van der Waals surface area contributed by atoms with Crippen LogP contribution in [-0.2, 0) is 4.79 Å². The maximum atomic E-state index is 10.3. The van der Waals surface area contributed by atoms with Crippen LogP contribution in [0, 0.1) is 5.92 Å². The molecular weight excluding hydrogens is 268 g/mol. The minimum absolute atomic E-state index is 0.223. The molecule has 2 N–H and O–H groups in total. The molecule has 0 aliphatic rings. The Morgan fingerprint density at radius 2 is 2.10 bits per heavy atom. The molecule has 0 aliphatic heterocycles. The van der Waals surface area contributed by atoms with Crippen LogP contribution in [-0.4, -0.2) is 26.5 Å². The fourth-order valence-electron chi connectivity index (χ4n) is 0.465. The predicted octanol–water partition coefficient (Wildman–Crippen LogP) is 1.19. The highest BCUT2D eigenvalue weighted by Gasteiger charge is 2.18. The summed E-state index contributed by atoms with van der Waals surface area (Å²) in [5.74, 6) is -1.41. The Labute approximate surface area is 75.7 Å². The highest BCUT2D eigenvalue weighted by atomic mass is 79.9. The largest absolute Gasteiger partial charge is 0.481 e. The number of hydrogen-bond donors (Lipinski definition) is 2. The molecule has 0 aliphatic carbocycles. The summed E-state index contributed by atoms with van der Waals surface area (Å²) >= 11 is 5.89. The van der Waals surface area contributed by atoms with E-state index in [1.165, 1.54) is 0 Å². The van der Waals surface area contributed by atoms with Crippen LogP contribution in [0.5, 0.6) is 0 Å². The van der Waals surface area contributed by atoms with Crippen LogP contribution in [0.15, 0.2) is 0 Å². The van der Waals surface area contributed by atoms with Gasteiger partial charge in [0.1, 0.15) is 5.01 Å². The Kier molecular flexibility index (Phi) is 5.29. The Hall–Kier alpha value is 0.390. The van der Waals surface area contributed by atoms with Gasteiger partial charge in [-0.3, -0.25) is 4.79 Å². The number of aliphatic hydroxyl groups excluding tert-OH is 1. The smallest absolute Gasteiger partial charge is 0.307 e. The van der Waals surface area contributed by atoms with Crippen LogP contribution in [0.3, 0.4) is 0 Å². The number of hydrogen-bond acceptors (Lipinski definition) is 2. The van der Waals surface area contributed by atoms with Gasteiger partial charge in [0, 0.05) is 5.33 Å². The van der Waals surface area contributed by atoms with Crippen LogP contribution in [0.2, 0.25) is 0 Å². The van der Waals surface area contributed by atoms with Gasteiger partial charge in [0.2, 0.25) is 0 Å². The van der Waals surface area contributed by atoms with E-state index in [1.54, 1.807) is 0 Å². The SMILES string of the molecule is O=C(O)C(CBr)CC(O)Br. The molecule has 0 amide bonds. The van der Waals surface area contributed by atoms with E-state index in [4.69, 9.17) is 10.2 Å². The van der Waals surface area contributed by atoms with E-state index in [0.717, 1.165) is 0 Å². The second-order valence-electron chi connectivity index (χ2n) is 1.86. The topological polar surface area (TPSA) is 57.5 Å². The molecule has 0 aromatic carbocycles. The first kappa shape index (κ1) is 10.4. The lowest BCUT2D eigenvalue weighted by Crippen LogP contribution is -2.18. The van der Waals surface area contributed by atoms with Crippen LogP contribution >= 0.6 is 31.9 Å². The number of carbonyl (C=O) groups is 1. The van der Waals surface area contributed by atoms with Gasteiger partial charge < -0.3 is 10.2 Å². The van der Waals surface area contributed by atoms with E-state index in [2.05, 4.69) is 31.9 Å². The number of aliphatic carboxylic acids is 1. The average Bonchev–Trinajstić information content (AvgIpc) is 1.81. The average molecular weight is 276 g/mol. The molecule has 0 aromatic heterocycles. The van der Waals surface area contributed by atoms with Gasteiger partial charge in [0.25, 0.3) is 0 Å². The number of rotatable bonds is 4. The van der Waals surface area contributed by atoms with Gasteiger partial charge in [-0.2, -0.15) is 0 Å². The molecule has 0 heterocycles. The van der Waals surface area contributed by atoms with Crippen LogP contribution < -0.4 is 0 Å². The lowest BCUT2D eigenvalue weighted by Gasteiger charge is -2.08. The molecule has 0 rings (SSSR count). The Balaban J connectivity index is 3.72. The summed E-state index contributed by atoms with van der Waals surface area (Å²) in [6, 6.07) is 0. The standard InChI is InChI=1S/C5H8Br2O3/c6-2-3(5(9)10)1-4(7)8/h3-4,8H,1-2H2,(H,9,10). The van der Waals surface area contributed by atoms with E-state index in [0.29, 0.717) is 5.33 Å². The monoisotopic (exact) mass is 274 g/mol. The van der Waals surface area contributed by atoms with Crippen molar-refractivity contribution in [2.45, 2.75) is 11.4 Å². The van der Waals surface area contributed by atoms with Crippen LogP contribution in [0.1, 0.15) is 6.42 Å². The molecule has 60 valence electrons. The zero-order valence-electron chi connectivity index (χ0n) is 5.13. The molecule has 0 bridgehead atoms. The van der Waals surface area contributed by atoms with Crippen LogP contribution in [0.25, 0.3) is 0 Å². The molecule has 2 atom stereocenters. The van der Waals surface area contributed by atoms with Crippen molar-refractivity contribution in [3.05, 3.63) is 0 Å². The van der Waals surface area contributed by atoms with Crippen molar-refractivity contribution in [1.29, 1.82) is 0 Å². The second kappa shape index (κ2) is 5.09. The van der Waals surface area contributed by atoms with Gasteiger partial charge in [0.05, 0.1) is 5.92 Å². The molecule has 0 radical (unpaired) electrons. The first-order chi connectivity index (χ1) is 4.57. The number of aliphatic hydroxyl groups is 1. The summed E-state index contributed by atoms with van der Waals surface area (Å²) < 4.78 is 0. The van der Waals surface area contributed by atoms with Crippen molar-refractivity contribution in [3.8, 4) is 0 Å². The molecule has 0 spiro atoms. The quantitative estimate of drug-likeness (QED) is 0.758. The van der Waals surface area contributed by atoms with Gasteiger partial charge in [-0.05, 0) is 6.42 Å². The fraction of sp³-hybridized carbons (Fsp3) is 0.800. The highest BCUT2D eigenvalue weighted by Crippen LogP contribution is 2.13. The molecular formula is C5H8Br2O3. The zero-order chi connectivity index (χ0) is 8.15. The molecule has 0 aromatic rings. The van der Waals surface area contributed by atoms with Gasteiger partial charge in [-0.1, -0.05) is 31.9 Å². The van der Waals surface area contributed by atoms with Crippen molar-refractivity contribution in [2.75, 3.05) is 5.33 Å². The minimum atomic E-state index is -0.893. The molecule has 3 nitrogen and oxygen atoms in total. The lowest BCUT2D eigenvalue weighted by molar-refractivity contribution is -0.141. The maximum absolute atomic E-state index is 10.3. The molecule has 0 saturated carbocycles. The number of halogens is 2. The summed E-state index contributed by atoms with van der Waals surface area (Å²) in [4.78, 5) is 10.3. The Bertz CT molecular complexity index is 115. The summed E-state index contributed by atoms with van der Waals surface area (Å²) in [6.07, 6.45) is 0.223. The third-order valence-corrected chi connectivity index (χ3v) is 2.17. The summed E-state index contributed by atoms with van der Waals surface area (Å²) in [5, 5.41) is 16.8. The normalized spacial score (nSPS) is 16.3. The van der Waals surface area contributed by atoms with Crippen molar-refractivity contribution in [2.24, 2.45) is 5.92 Å². The minimum Gasteiger partial charge on any atom is -0.481 e. The van der Waals surface area contributed by atoms with E-state index < -0.39 is 16.9 Å². The van der Waals surface area contributed by atoms with Gasteiger partial charge in [-0.25, -0.2) is 0 Å². The zero-order valence-corrected chi connectivity index (χ0v) is 8.30.